The molecule has 1 atom stereocenters. The highest BCUT2D eigenvalue weighted by molar-refractivity contribution is 6.18. The molecular formula is C12H14O2. The first-order valence-electron chi connectivity index (χ1n) is 5.09. The summed E-state index contributed by atoms with van der Waals surface area (Å²) >= 11 is 0. The fourth-order valence-corrected chi connectivity index (χ4v) is 2.40. The molecule has 0 aromatic heterocycles. The lowest BCUT2D eigenvalue weighted by Crippen LogP contribution is -2.26. The fraction of sp³-hybridized carbons (Fsp3) is 0.500. The molecule has 0 bridgehead atoms. The Morgan fingerprint density at radius 2 is 2.21 bits per heavy atom. The van der Waals surface area contributed by atoms with Gasteiger partial charge in [0.1, 0.15) is 0 Å². The quantitative estimate of drug-likeness (QED) is 0.469. The largest absolute Gasteiger partial charge is 0.298 e. The first kappa shape index (κ1) is 9.38. The normalized spacial score (nSPS) is 31.6. The van der Waals surface area contributed by atoms with Crippen molar-refractivity contribution in [2.24, 2.45) is 5.41 Å². The monoisotopic (exact) mass is 190 g/mol. The maximum absolute atomic E-state index is 11.4. The van der Waals surface area contributed by atoms with Crippen LogP contribution in [-0.2, 0) is 9.59 Å². The smallest absolute Gasteiger partial charge is 0.188 e. The third-order valence-electron chi connectivity index (χ3n) is 3.32. The number of hydrogen-bond acceptors (Lipinski definition) is 2. The lowest BCUT2D eigenvalue weighted by atomic mass is 9.68. The minimum atomic E-state index is -0.116. The van der Waals surface area contributed by atoms with Crippen LogP contribution in [-0.4, -0.2) is 12.1 Å². The number of carbonyl (C=O) groups excluding carboxylic acids is 2. The summed E-state index contributed by atoms with van der Waals surface area (Å²) in [6, 6.07) is 0. The first-order chi connectivity index (χ1) is 6.65. The Morgan fingerprint density at radius 1 is 1.43 bits per heavy atom. The van der Waals surface area contributed by atoms with Crippen molar-refractivity contribution < 1.29 is 9.59 Å². The summed E-state index contributed by atoms with van der Waals surface area (Å²) in [4.78, 5) is 22.1. The average molecular weight is 190 g/mol. The summed E-state index contributed by atoms with van der Waals surface area (Å²) in [5, 5.41) is 0. The minimum Gasteiger partial charge on any atom is -0.298 e. The van der Waals surface area contributed by atoms with E-state index >= 15 is 0 Å². The molecule has 2 rings (SSSR count). The summed E-state index contributed by atoms with van der Waals surface area (Å²) < 4.78 is 0. The highest BCUT2D eigenvalue weighted by atomic mass is 16.1. The van der Waals surface area contributed by atoms with Crippen molar-refractivity contribution in [2.75, 3.05) is 0 Å². The SMILES string of the molecule is CC12C=C(C=O)C(=O)C=C1CCCC2. The third-order valence-corrected chi connectivity index (χ3v) is 3.32. The van der Waals surface area contributed by atoms with E-state index in [0.717, 1.165) is 12.8 Å². The molecule has 0 aromatic carbocycles. The van der Waals surface area contributed by atoms with Crippen molar-refractivity contribution in [1.82, 2.24) is 0 Å². The fourth-order valence-electron chi connectivity index (χ4n) is 2.40. The zero-order valence-electron chi connectivity index (χ0n) is 8.38. The molecular weight excluding hydrogens is 176 g/mol. The van der Waals surface area contributed by atoms with Crippen molar-refractivity contribution in [3.63, 3.8) is 0 Å². The van der Waals surface area contributed by atoms with Gasteiger partial charge in [0.2, 0.25) is 0 Å². The number of rotatable bonds is 1. The number of fused-ring (bicyclic) bond motifs is 1. The Kier molecular flexibility index (Phi) is 2.14. The van der Waals surface area contributed by atoms with Crippen LogP contribution in [0.4, 0.5) is 0 Å². The molecule has 0 spiro atoms. The molecule has 0 radical (unpaired) electrons. The van der Waals surface area contributed by atoms with E-state index in [0.29, 0.717) is 11.9 Å². The van der Waals surface area contributed by atoms with Gasteiger partial charge in [0.25, 0.3) is 0 Å². The zero-order chi connectivity index (χ0) is 10.2. The summed E-state index contributed by atoms with van der Waals surface area (Å²) in [7, 11) is 0. The molecule has 0 N–H and O–H groups in total. The lowest BCUT2D eigenvalue weighted by molar-refractivity contribution is -0.114. The number of ketones is 1. The summed E-state index contributed by atoms with van der Waals surface area (Å²) in [6.45, 7) is 2.12. The van der Waals surface area contributed by atoms with Crippen LogP contribution in [0.25, 0.3) is 0 Å². The maximum Gasteiger partial charge on any atom is 0.188 e. The van der Waals surface area contributed by atoms with E-state index in [1.54, 1.807) is 6.08 Å². The second-order valence-corrected chi connectivity index (χ2v) is 4.38. The van der Waals surface area contributed by atoms with Gasteiger partial charge in [-0.3, -0.25) is 9.59 Å². The van der Waals surface area contributed by atoms with Gasteiger partial charge in [0, 0.05) is 5.41 Å². The molecule has 1 unspecified atom stereocenters. The van der Waals surface area contributed by atoms with Gasteiger partial charge in [0.15, 0.2) is 12.1 Å². The highest BCUT2D eigenvalue weighted by Gasteiger charge is 2.34. The van der Waals surface area contributed by atoms with Crippen LogP contribution in [0.5, 0.6) is 0 Å². The summed E-state index contributed by atoms with van der Waals surface area (Å²) in [6.07, 6.45) is 8.62. The van der Waals surface area contributed by atoms with Gasteiger partial charge < -0.3 is 0 Å². The van der Waals surface area contributed by atoms with Crippen LogP contribution in [0.3, 0.4) is 0 Å². The molecule has 74 valence electrons. The maximum atomic E-state index is 11.4. The van der Waals surface area contributed by atoms with Crippen molar-refractivity contribution in [3.05, 3.63) is 23.3 Å². The van der Waals surface area contributed by atoms with E-state index < -0.39 is 0 Å². The Bertz CT molecular complexity index is 349. The van der Waals surface area contributed by atoms with E-state index in [9.17, 15) is 9.59 Å². The van der Waals surface area contributed by atoms with Gasteiger partial charge in [-0.2, -0.15) is 0 Å². The van der Waals surface area contributed by atoms with Crippen LogP contribution in [0.15, 0.2) is 23.3 Å². The Morgan fingerprint density at radius 3 is 2.93 bits per heavy atom. The van der Waals surface area contributed by atoms with E-state index in [2.05, 4.69) is 6.92 Å². The first-order valence-corrected chi connectivity index (χ1v) is 5.09. The standard InChI is InChI=1S/C12H14O2/c1-12-5-3-2-4-10(12)6-11(14)9(7-12)8-13/h6-8H,2-5H2,1H3. The Hall–Kier alpha value is -1.18. The van der Waals surface area contributed by atoms with Crippen LogP contribution in [0, 0.1) is 5.41 Å². The van der Waals surface area contributed by atoms with Crippen LogP contribution < -0.4 is 0 Å². The van der Waals surface area contributed by atoms with Gasteiger partial charge in [0.05, 0.1) is 5.57 Å². The molecule has 2 nitrogen and oxygen atoms in total. The molecule has 0 amide bonds. The summed E-state index contributed by atoms with van der Waals surface area (Å²) in [5.74, 6) is -0.116. The van der Waals surface area contributed by atoms with Crippen LogP contribution >= 0.6 is 0 Å². The molecule has 2 aliphatic carbocycles. The Balaban J connectivity index is 2.41. The van der Waals surface area contributed by atoms with Gasteiger partial charge in [-0.25, -0.2) is 0 Å². The van der Waals surface area contributed by atoms with Gasteiger partial charge in [-0.15, -0.1) is 0 Å². The second-order valence-electron chi connectivity index (χ2n) is 4.38. The molecule has 1 fully saturated rings. The van der Waals surface area contributed by atoms with Crippen molar-refractivity contribution in [1.29, 1.82) is 0 Å². The number of allylic oxidation sites excluding steroid dienone is 4. The van der Waals surface area contributed by atoms with Crippen molar-refractivity contribution in [2.45, 2.75) is 32.6 Å². The molecule has 0 aromatic rings. The van der Waals surface area contributed by atoms with Crippen molar-refractivity contribution in [3.8, 4) is 0 Å². The predicted molar refractivity (Wildman–Crippen MR) is 53.8 cm³/mol. The Labute approximate surface area is 83.7 Å². The number of aldehydes is 1. The van der Waals surface area contributed by atoms with Gasteiger partial charge in [-0.05, 0) is 25.3 Å². The topological polar surface area (TPSA) is 34.1 Å². The highest BCUT2D eigenvalue weighted by Crippen LogP contribution is 2.44. The number of hydrogen-bond donors (Lipinski definition) is 0. The molecule has 2 heteroatoms. The van der Waals surface area contributed by atoms with Crippen molar-refractivity contribution >= 4 is 12.1 Å². The van der Waals surface area contributed by atoms with Crippen LogP contribution in [0.2, 0.25) is 0 Å². The molecule has 0 aliphatic heterocycles. The average Bonchev–Trinajstić information content (AvgIpc) is 2.18. The third kappa shape index (κ3) is 1.35. The van der Waals surface area contributed by atoms with E-state index in [1.807, 2.05) is 6.08 Å². The zero-order valence-corrected chi connectivity index (χ0v) is 8.38. The van der Waals surface area contributed by atoms with Crippen LogP contribution in [0.1, 0.15) is 32.6 Å². The molecule has 14 heavy (non-hydrogen) atoms. The van der Waals surface area contributed by atoms with Gasteiger partial charge >= 0.3 is 0 Å². The van der Waals surface area contributed by atoms with Gasteiger partial charge in [-0.1, -0.05) is 25.0 Å². The second kappa shape index (κ2) is 3.19. The number of carbonyl (C=O) groups is 2. The predicted octanol–water partition coefficient (Wildman–Crippen LogP) is 2.20. The minimum absolute atomic E-state index is 0.0254. The summed E-state index contributed by atoms with van der Waals surface area (Å²) in [5.41, 5.74) is 1.51. The van der Waals surface area contributed by atoms with E-state index in [4.69, 9.17) is 0 Å². The molecule has 0 heterocycles. The molecule has 1 saturated carbocycles. The molecule has 2 aliphatic rings. The lowest BCUT2D eigenvalue weighted by Gasteiger charge is -2.36. The van der Waals surface area contributed by atoms with E-state index in [-0.39, 0.29) is 11.2 Å². The molecule has 0 saturated heterocycles. The van der Waals surface area contributed by atoms with E-state index in [1.165, 1.54) is 18.4 Å².